The first-order chi connectivity index (χ1) is 33.8. The van der Waals surface area contributed by atoms with Gasteiger partial charge in [-0.2, -0.15) is 0 Å². The average Bonchev–Trinajstić information content (AvgIpc) is 3.38. The van der Waals surface area contributed by atoms with Crippen LogP contribution in [0.4, 0.5) is 0 Å². The molecule has 0 amide bonds. The number of aliphatic hydroxyl groups is 4. The van der Waals surface area contributed by atoms with Gasteiger partial charge in [0.15, 0.2) is 23.0 Å². The SMILES string of the molecule is COc1ccc(CC2c3cc(OC)c(OC)cc3CC[N+]2(C)CCCOC(=O)C#CC(=O)OCCC[N+]2(C)CCc3cc(CO)c(CO)c(OC)c3C2Cc2cc(CO)c(CO)c(OC)c2)cc1OC. The van der Waals surface area contributed by atoms with Gasteiger partial charge in [0, 0.05) is 67.1 Å². The molecule has 0 saturated heterocycles. The number of benzene rings is 4. The third-order valence-electron chi connectivity index (χ3n) is 14.3. The highest BCUT2D eigenvalue weighted by atomic mass is 16.5. The topological polar surface area (TPSA) is 189 Å². The van der Waals surface area contributed by atoms with Crippen LogP contribution < -0.4 is 28.4 Å². The molecule has 70 heavy (non-hydrogen) atoms. The Morgan fingerprint density at radius 2 is 1.07 bits per heavy atom. The molecule has 0 spiro atoms. The molecule has 6 rings (SSSR count). The highest BCUT2D eigenvalue weighted by Crippen LogP contribution is 2.47. The predicted octanol–water partition coefficient (Wildman–Crippen LogP) is 4.85. The lowest BCUT2D eigenvalue weighted by Gasteiger charge is -2.46. The van der Waals surface area contributed by atoms with E-state index in [-0.39, 0.29) is 51.7 Å². The minimum Gasteiger partial charge on any atom is -0.496 e. The fraction of sp³-hybridized carbons (Fsp3) is 0.481. The Kier molecular flexibility index (Phi) is 18.4. The molecule has 0 saturated carbocycles. The highest BCUT2D eigenvalue weighted by Gasteiger charge is 2.43. The van der Waals surface area contributed by atoms with Crippen molar-refractivity contribution in [1.82, 2.24) is 0 Å². The predicted molar refractivity (Wildman–Crippen MR) is 260 cm³/mol. The first kappa shape index (κ1) is 53.3. The van der Waals surface area contributed by atoms with Gasteiger partial charge in [-0.15, -0.1) is 0 Å². The number of aliphatic hydroxyl groups excluding tert-OH is 4. The molecule has 0 bridgehead atoms. The maximum atomic E-state index is 12.8. The Balaban J connectivity index is 1.09. The van der Waals surface area contributed by atoms with Gasteiger partial charge in [-0.1, -0.05) is 18.2 Å². The number of hydrogen-bond acceptors (Lipinski definition) is 14. The van der Waals surface area contributed by atoms with Crippen molar-refractivity contribution < 1.29 is 76.9 Å². The van der Waals surface area contributed by atoms with E-state index in [9.17, 15) is 30.0 Å². The second-order valence-electron chi connectivity index (χ2n) is 18.3. The van der Waals surface area contributed by atoms with Gasteiger partial charge < -0.3 is 67.3 Å². The molecule has 0 radical (unpaired) electrons. The molecule has 4 aromatic rings. The molecule has 4 aromatic carbocycles. The number of quaternary nitrogens is 2. The summed E-state index contributed by atoms with van der Waals surface area (Å²) in [7, 11) is 13.9. The normalized spacial score (nSPS) is 19.1. The van der Waals surface area contributed by atoms with Crippen molar-refractivity contribution in [3.63, 3.8) is 0 Å². The summed E-state index contributed by atoms with van der Waals surface area (Å²) in [5, 5.41) is 40.9. The Bertz CT molecular complexity index is 2530. The second kappa shape index (κ2) is 24.2. The van der Waals surface area contributed by atoms with E-state index in [2.05, 4.69) is 38.1 Å². The smallest absolute Gasteiger partial charge is 0.384 e. The Hall–Kier alpha value is -6.06. The number of methoxy groups -OCH3 is 6. The summed E-state index contributed by atoms with van der Waals surface area (Å²) in [6, 6.07) is 15.6. The van der Waals surface area contributed by atoms with E-state index in [1.165, 1.54) is 12.7 Å². The zero-order valence-electron chi connectivity index (χ0n) is 41.9. The van der Waals surface area contributed by atoms with Gasteiger partial charge in [0.05, 0.1) is 128 Å². The zero-order valence-corrected chi connectivity index (χ0v) is 41.9. The van der Waals surface area contributed by atoms with E-state index >= 15 is 0 Å². The lowest BCUT2D eigenvalue weighted by molar-refractivity contribution is -0.941. The second-order valence-corrected chi connectivity index (χ2v) is 18.3. The van der Waals surface area contributed by atoms with Gasteiger partial charge in [-0.25, -0.2) is 9.59 Å². The molecule has 2 aliphatic heterocycles. The Morgan fingerprint density at radius 1 is 0.557 bits per heavy atom. The summed E-state index contributed by atoms with van der Waals surface area (Å²) in [5.74, 6) is 6.55. The van der Waals surface area contributed by atoms with Crippen LogP contribution in [-0.2, 0) is 71.2 Å². The number of fused-ring (bicyclic) bond motifs is 2. The van der Waals surface area contributed by atoms with Crippen molar-refractivity contribution in [3.8, 4) is 46.3 Å². The molecule has 16 heteroatoms. The van der Waals surface area contributed by atoms with Crippen LogP contribution in [0.25, 0.3) is 0 Å². The quantitative estimate of drug-likeness (QED) is 0.0275. The van der Waals surface area contributed by atoms with Crippen LogP contribution in [0.1, 0.15) is 80.6 Å². The average molecular weight is 971 g/mol. The summed E-state index contributed by atoms with van der Waals surface area (Å²) in [6.45, 7) is 1.82. The maximum absolute atomic E-state index is 12.8. The Morgan fingerprint density at radius 3 is 1.63 bits per heavy atom. The van der Waals surface area contributed by atoms with Crippen LogP contribution in [0, 0.1) is 11.8 Å². The van der Waals surface area contributed by atoms with E-state index in [1.807, 2.05) is 36.4 Å². The van der Waals surface area contributed by atoms with Crippen molar-refractivity contribution in [2.75, 3.05) is 96.1 Å². The molecule has 2 heterocycles. The van der Waals surface area contributed by atoms with E-state index < -0.39 is 11.9 Å². The summed E-state index contributed by atoms with van der Waals surface area (Å²) in [4.78, 5) is 25.6. The molecule has 378 valence electrons. The number of nitrogens with zero attached hydrogens (tertiary/aromatic N) is 2. The summed E-state index contributed by atoms with van der Waals surface area (Å²) in [5.41, 5.74) is 8.38. The minimum atomic E-state index is -0.839. The molecule has 4 unspecified atom stereocenters. The van der Waals surface area contributed by atoms with Crippen molar-refractivity contribution in [2.24, 2.45) is 0 Å². The summed E-state index contributed by atoms with van der Waals surface area (Å²) >= 11 is 0. The minimum absolute atomic E-state index is 0.0316. The van der Waals surface area contributed by atoms with Crippen molar-refractivity contribution in [3.05, 3.63) is 104 Å². The molecule has 0 aliphatic carbocycles. The van der Waals surface area contributed by atoms with Gasteiger partial charge in [-0.05, 0) is 63.7 Å². The largest absolute Gasteiger partial charge is 0.496 e. The summed E-state index contributed by atoms with van der Waals surface area (Å²) < 4.78 is 46.2. The van der Waals surface area contributed by atoms with Crippen molar-refractivity contribution in [1.29, 1.82) is 0 Å². The fourth-order valence-corrected chi connectivity index (χ4v) is 10.5. The molecule has 0 aromatic heterocycles. The molecule has 16 nitrogen and oxygen atoms in total. The lowest BCUT2D eigenvalue weighted by atomic mass is 9.82. The number of rotatable bonds is 22. The van der Waals surface area contributed by atoms with Gasteiger partial charge in [0.25, 0.3) is 0 Å². The summed E-state index contributed by atoms with van der Waals surface area (Å²) in [6.07, 6.45) is 3.69. The monoisotopic (exact) mass is 970 g/mol. The zero-order chi connectivity index (χ0) is 50.6. The van der Waals surface area contributed by atoms with Crippen LogP contribution >= 0.6 is 0 Å². The van der Waals surface area contributed by atoms with Crippen LogP contribution in [0.3, 0.4) is 0 Å². The molecule has 0 fully saturated rings. The number of esters is 2. The van der Waals surface area contributed by atoms with Crippen LogP contribution in [0.2, 0.25) is 0 Å². The van der Waals surface area contributed by atoms with E-state index in [0.29, 0.717) is 117 Å². The van der Waals surface area contributed by atoms with Crippen molar-refractivity contribution in [2.45, 2.75) is 77.0 Å². The third kappa shape index (κ3) is 11.7. The fourth-order valence-electron chi connectivity index (χ4n) is 10.5. The lowest BCUT2D eigenvalue weighted by Crippen LogP contribution is -2.53. The van der Waals surface area contributed by atoms with Gasteiger partial charge in [-0.3, -0.25) is 0 Å². The number of likely N-dealkylation sites (N-methyl/N-ethyl adjacent to an activating group) is 2. The molecule has 4 N–H and O–H groups in total. The van der Waals surface area contributed by atoms with Gasteiger partial charge >= 0.3 is 11.9 Å². The van der Waals surface area contributed by atoms with Crippen LogP contribution in [0.5, 0.6) is 34.5 Å². The highest BCUT2D eigenvalue weighted by molar-refractivity contribution is 5.98. The van der Waals surface area contributed by atoms with E-state index in [4.69, 9.17) is 37.9 Å². The van der Waals surface area contributed by atoms with Gasteiger partial charge in [0.2, 0.25) is 0 Å². The molecular formula is C54H70N2O14+2. The van der Waals surface area contributed by atoms with E-state index in [1.54, 1.807) is 35.5 Å². The first-order valence-corrected chi connectivity index (χ1v) is 23.6. The number of carbonyl (C=O) groups excluding carboxylic acids is 2. The van der Waals surface area contributed by atoms with Crippen LogP contribution in [0.15, 0.2) is 48.5 Å². The van der Waals surface area contributed by atoms with Gasteiger partial charge in [0.1, 0.15) is 23.6 Å². The number of ether oxygens (including phenoxy) is 8. The molecule has 2 aliphatic rings. The van der Waals surface area contributed by atoms with Crippen LogP contribution in [-0.4, -0.2) is 137 Å². The third-order valence-corrected chi connectivity index (χ3v) is 14.3. The molecule has 4 atom stereocenters. The number of hydrogen-bond donors (Lipinski definition) is 4. The maximum Gasteiger partial charge on any atom is 0.384 e. The van der Waals surface area contributed by atoms with E-state index in [0.717, 1.165) is 40.8 Å². The Labute approximate surface area is 411 Å². The first-order valence-electron chi connectivity index (χ1n) is 23.6. The number of carbonyl (C=O) groups is 2. The molecular weight excluding hydrogens is 901 g/mol. The van der Waals surface area contributed by atoms with Crippen molar-refractivity contribution >= 4 is 11.9 Å². The standard InChI is InChI=1S/C54H70N2O14/c1-55(19-15-37-29-49(66-6)50(67-7)30-41(37)44(55)24-35-11-12-46(63-3)48(26-35)65-5)17-9-21-69-51(61)13-14-52(62)70-22-10-18-56(2)20-16-38-28-40(32-58)43(34-60)54(68-8)53(38)45(56)25-36-23-39(31-57)42(33-59)47(27-36)64-4/h11-12,23,26-30,44-45,57-60H,9-10,15-22,24-25,31-34H2,1-8H3/q+2.